The van der Waals surface area contributed by atoms with Gasteiger partial charge in [0.15, 0.2) is 0 Å². The normalized spacial score (nSPS) is 21.8. The zero-order valence-corrected chi connectivity index (χ0v) is 13.6. The Balaban J connectivity index is 1.81. The predicted molar refractivity (Wildman–Crippen MR) is 84.3 cm³/mol. The van der Waals surface area contributed by atoms with Gasteiger partial charge in [-0.3, -0.25) is 0 Å². The molecule has 1 heterocycles. The average molecular weight is 338 g/mol. The maximum absolute atomic E-state index is 13.4. The van der Waals surface area contributed by atoms with Crippen molar-refractivity contribution in [1.82, 2.24) is 20.1 Å². The number of hydrogen-bond donors (Lipinski definition) is 1. The van der Waals surface area contributed by atoms with E-state index < -0.39 is 11.7 Å². The molecule has 0 saturated heterocycles. The van der Waals surface area contributed by atoms with Crippen LogP contribution in [-0.2, 0) is 19.8 Å². The molecule has 4 nitrogen and oxygen atoms in total. The van der Waals surface area contributed by atoms with Gasteiger partial charge in [0, 0.05) is 13.1 Å². The number of rotatable bonds is 4. The summed E-state index contributed by atoms with van der Waals surface area (Å²) in [6.07, 6.45) is 0.926. The number of aromatic nitrogens is 3. The largest absolute Gasteiger partial charge is 0.416 e. The van der Waals surface area contributed by atoms with Gasteiger partial charge in [-0.25, -0.2) is 0 Å². The smallest absolute Gasteiger partial charge is 0.320 e. The molecule has 7 heteroatoms. The van der Waals surface area contributed by atoms with E-state index in [1.807, 2.05) is 11.6 Å². The van der Waals surface area contributed by atoms with Crippen molar-refractivity contribution in [2.75, 3.05) is 0 Å². The molecule has 0 aliphatic heterocycles. The monoisotopic (exact) mass is 338 g/mol. The molecule has 0 amide bonds. The lowest BCUT2D eigenvalue weighted by Gasteiger charge is -2.34. The van der Waals surface area contributed by atoms with Crippen molar-refractivity contribution in [2.45, 2.75) is 50.4 Å². The molecule has 0 unspecified atom stereocenters. The second-order valence-electron chi connectivity index (χ2n) is 6.32. The third-order valence-electron chi connectivity index (χ3n) is 4.76. The summed E-state index contributed by atoms with van der Waals surface area (Å²) in [6, 6.07) is 5.97. The molecule has 0 radical (unpaired) electrons. The van der Waals surface area contributed by atoms with Gasteiger partial charge >= 0.3 is 6.18 Å². The minimum absolute atomic E-state index is 0.0129. The molecular weight excluding hydrogens is 317 g/mol. The number of nitrogens with zero attached hydrogens (tertiary/aromatic N) is 3. The van der Waals surface area contributed by atoms with E-state index in [-0.39, 0.29) is 12.0 Å². The minimum atomic E-state index is -4.32. The first-order valence-electron chi connectivity index (χ1n) is 8.19. The Morgan fingerprint density at radius 3 is 2.67 bits per heavy atom. The van der Waals surface area contributed by atoms with Crippen LogP contribution < -0.4 is 5.32 Å². The fourth-order valence-electron chi connectivity index (χ4n) is 3.52. The van der Waals surface area contributed by atoms with Crippen LogP contribution in [0.3, 0.4) is 0 Å². The van der Waals surface area contributed by atoms with E-state index in [4.69, 9.17) is 0 Å². The van der Waals surface area contributed by atoms with Crippen LogP contribution in [0.2, 0.25) is 0 Å². The first-order valence-corrected chi connectivity index (χ1v) is 8.19. The highest BCUT2D eigenvalue weighted by Crippen LogP contribution is 2.40. The van der Waals surface area contributed by atoms with Crippen LogP contribution in [0, 0.1) is 0 Å². The summed E-state index contributed by atoms with van der Waals surface area (Å²) >= 11 is 0. The van der Waals surface area contributed by atoms with Crippen molar-refractivity contribution in [3.63, 3.8) is 0 Å². The molecule has 1 aromatic carbocycles. The molecule has 1 aliphatic carbocycles. The molecule has 1 aromatic heterocycles. The van der Waals surface area contributed by atoms with E-state index in [9.17, 15) is 13.2 Å². The Labute approximate surface area is 139 Å². The predicted octanol–water partition coefficient (Wildman–Crippen LogP) is 3.65. The zero-order chi connectivity index (χ0) is 17.2. The van der Waals surface area contributed by atoms with Gasteiger partial charge in [0.1, 0.15) is 12.2 Å². The lowest BCUT2D eigenvalue weighted by Crippen LogP contribution is -2.38. The highest BCUT2D eigenvalue weighted by Gasteiger charge is 2.37. The van der Waals surface area contributed by atoms with Gasteiger partial charge in [0.05, 0.1) is 12.1 Å². The molecule has 2 aromatic rings. The van der Waals surface area contributed by atoms with E-state index in [1.165, 1.54) is 12.1 Å². The maximum atomic E-state index is 13.4. The van der Waals surface area contributed by atoms with Gasteiger partial charge in [-0.2, -0.15) is 13.2 Å². The quantitative estimate of drug-likeness (QED) is 0.925. The first kappa shape index (κ1) is 17.0. The van der Waals surface area contributed by atoms with Crippen molar-refractivity contribution < 1.29 is 13.2 Å². The van der Waals surface area contributed by atoms with Crippen LogP contribution in [0.1, 0.15) is 48.6 Å². The number of alkyl halides is 3. The summed E-state index contributed by atoms with van der Waals surface area (Å²) in [4.78, 5) is 0. The molecule has 24 heavy (non-hydrogen) atoms. The van der Waals surface area contributed by atoms with Crippen molar-refractivity contribution in [2.24, 2.45) is 7.05 Å². The molecule has 1 saturated carbocycles. The average Bonchev–Trinajstić information content (AvgIpc) is 2.97. The summed E-state index contributed by atoms with van der Waals surface area (Å²) in [6.45, 7) is 0.506. The first-order chi connectivity index (χ1) is 11.5. The van der Waals surface area contributed by atoms with Crippen molar-refractivity contribution in [3.8, 4) is 0 Å². The second-order valence-corrected chi connectivity index (χ2v) is 6.32. The van der Waals surface area contributed by atoms with Gasteiger partial charge < -0.3 is 9.88 Å². The van der Waals surface area contributed by atoms with Crippen molar-refractivity contribution in [3.05, 3.63) is 47.5 Å². The Kier molecular flexibility index (Phi) is 4.89. The fourth-order valence-corrected chi connectivity index (χ4v) is 3.52. The van der Waals surface area contributed by atoms with Gasteiger partial charge in [-0.1, -0.05) is 31.0 Å². The van der Waals surface area contributed by atoms with Crippen LogP contribution in [0.5, 0.6) is 0 Å². The Bertz CT molecular complexity index is 680. The molecule has 2 atom stereocenters. The fraction of sp³-hybridized carbons (Fsp3) is 0.529. The van der Waals surface area contributed by atoms with Crippen molar-refractivity contribution in [1.29, 1.82) is 0 Å². The SMILES string of the molecule is Cn1cnnc1CN[C@H]1CCCC[C@@H]1c1ccccc1C(F)(F)F. The molecule has 0 bridgehead atoms. The Morgan fingerprint density at radius 1 is 1.21 bits per heavy atom. The topological polar surface area (TPSA) is 42.7 Å². The third kappa shape index (κ3) is 3.61. The van der Waals surface area contributed by atoms with Crippen LogP contribution in [0.25, 0.3) is 0 Å². The molecule has 3 rings (SSSR count). The van der Waals surface area contributed by atoms with Crippen LogP contribution in [-0.4, -0.2) is 20.8 Å². The summed E-state index contributed by atoms with van der Waals surface area (Å²) in [5.74, 6) is 0.647. The third-order valence-corrected chi connectivity index (χ3v) is 4.76. The Morgan fingerprint density at radius 2 is 1.96 bits per heavy atom. The maximum Gasteiger partial charge on any atom is 0.416 e. The lowest BCUT2D eigenvalue weighted by molar-refractivity contribution is -0.138. The summed E-state index contributed by atoms with van der Waals surface area (Å²) in [7, 11) is 1.86. The zero-order valence-electron chi connectivity index (χ0n) is 13.6. The van der Waals surface area contributed by atoms with E-state index in [1.54, 1.807) is 18.5 Å². The van der Waals surface area contributed by atoms with Crippen LogP contribution in [0.4, 0.5) is 13.2 Å². The molecule has 1 fully saturated rings. The number of benzene rings is 1. The van der Waals surface area contributed by atoms with E-state index in [2.05, 4.69) is 15.5 Å². The number of nitrogens with one attached hydrogen (secondary N) is 1. The highest BCUT2D eigenvalue weighted by molar-refractivity contribution is 5.34. The summed E-state index contributed by atoms with van der Waals surface area (Å²) < 4.78 is 41.9. The highest BCUT2D eigenvalue weighted by atomic mass is 19.4. The van der Waals surface area contributed by atoms with Gasteiger partial charge in [-0.15, -0.1) is 10.2 Å². The summed E-state index contributed by atoms with van der Waals surface area (Å²) in [5, 5.41) is 11.3. The van der Waals surface area contributed by atoms with E-state index >= 15 is 0 Å². The van der Waals surface area contributed by atoms with Gasteiger partial charge in [0.2, 0.25) is 0 Å². The molecule has 1 N–H and O–H groups in total. The molecule has 0 spiro atoms. The minimum Gasteiger partial charge on any atom is -0.320 e. The van der Waals surface area contributed by atoms with E-state index in [0.29, 0.717) is 12.1 Å². The number of aryl methyl sites for hydroxylation is 1. The Hall–Kier alpha value is -1.89. The summed E-state index contributed by atoms with van der Waals surface area (Å²) in [5.41, 5.74) is -0.109. The molecular formula is C17H21F3N4. The van der Waals surface area contributed by atoms with Crippen LogP contribution >= 0.6 is 0 Å². The number of hydrogen-bond acceptors (Lipinski definition) is 3. The van der Waals surface area contributed by atoms with Gasteiger partial charge in [-0.05, 0) is 30.4 Å². The van der Waals surface area contributed by atoms with Crippen molar-refractivity contribution >= 4 is 0 Å². The van der Waals surface area contributed by atoms with Gasteiger partial charge in [0.25, 0.3) is 0 Å². The number of halogens is 3. The van der Waals surface area contributed by atoms with E-state index in [0.717, 1.165) is 31.5 Å². The van der Waals surface area contributed by atoms with Crippen LogP contribution in [0.15, 0.2) is 30.6 Å². The second kappa shape index (κ2) is 6.93. The lowest BCUT2D eigenvalue weighted by atomic mass is 9.78. The molecule has 1 aliphatic rings. The molecule has 130 valence electrons. The standard InChI is InChI=1S/C17H21F3N4/c1-24-11-22-23-16(24)10-21-15-9-5-3-7-13(15)12-6-2-4-8-14(12)17(18,19)20/h2,4,6,8,11,13,15,21H,3,5,7,9-10H2,1H3/t13-,15+/m1/s1.